The fourth-order valence-corrected chi connectivity index (χ4v) is 4.13. The zero-order valence-electron chi connectivity index (χ0n) is 24.4. The van der Waals surface area contributed by atoms with Crippen LogP contribution in [0.25, 0.3) is 6.08 Å². The summed E-state index contributed by atoms with van der Waals surface area (Å²) in [6.07, 6.45) is 11.9. The van der Waals surface area contributed by atoms with Crippen molar-refractivity contribution in [3.63, 3.8) is 0 Å². The van der Waals surface area contributed by atoms with Crippen molar-refractivity contribution in [2.45, 2.75) is 65.2 Å². The summed E-state index contributed by atoms with van der Waals surface area (Å²) >= 11 is 0. The monoisotopic (exact) mass is 573 g/mol. The number of unbranched alkanes of at least 4 members (excludes halogenated alkanes) is 6. The van der Waals surface area contributed by atoms with E-state index in [9.17, 15) is 19.7 Å². The molecule has 222 valence electrons. The van der Waals surface area contributed by atoms with Crippen LogP contribution in [0.5, 0.6) is 17.2 Å². The van der Waals surface area contributed by atoms with E-state index in [1.807, 2.05) is 24.3 Å². The number of carbonyl (C=O) groups is 2. The molecular formula is C34H39NO7. The number of nitro groups is 1. The standard InChI is InChI=1S/C34H39NO7/c1-3-5-7-8-10-24-41-30-19-14-27(15-20-30)34(37)42-33-22-16-28(25-31(33)35(38)39)32(36)21-13-26-11-17-29(18-12-26)40-23-9-6-4-2/h11-22,25H,3-10,23-24H2,1-2H3/b21-13+. The summed E-state index contributed by atoms with van der Waals surface area (Å²) in [6.45, 7) is 5.56. The molecular weight excluding hydrogens is 534 g/mol. The van der Waals surface area contributed by atoms with Gasteiger partial charge >= 0.3 is 11.7 Å². The highest BCUT2D eigenvalue weighted by molar-refractivity contribution is 6.07. The Morgan fingerprint density at radius 2 is 1.29 bits per heavy atom. The number of carbonyl (C=O) groups excluding carboxylic acids is 2. The molecule has 0 aromatic heterocycles. The third-order valence-corrected chi connectivity index (χ3v) is 6.57. The number of esters is 1. The van der Waals surface area contributed by atoms with Crippen molar-refractivity contribution < 1.29 is 28.7 Å². The van der Waals surface area contributed by atoms with Gasteiger partial charge < -0.3 is 14.2 Å². The van der Waals surface area contributed by atoms with Gasteiger partial charge in [0.15, 0.2) is 5.78 Å². The smallest absolute Gasteiger partial charge is 0.343 e. The summed E-state index contributed by atoms with van der Waals surface area (Å²) in [5.74, 6) is -0.0197. The molecule has 8 nitrogen and oxygen atoms in total. The molecule has 0 amide bonds. The maximum absolute atomic E-state index is 12.7. The van der Waals surface area contributed by atoms with Crippen LogP contribution in [0.1, 0.15) is 91.5 Å². The van der Waals surface area contributed by atoms with Gasteiger partial charge in [-0.3, -0.25) is 14.9 Å². The Hall–Kier alpha value is -4.46. The van der Waals surface area contributed by atoms with Crippen LogP contribution in [0.4, 0.5) is 5.69 Å². The van der Waals surface area contributed by atoms with Crippen molar-refractivity contribution >= 4 is 23.5 Å². The van der Waals surface area contributed by atoms with Gasteiger partial charge in [-0.25, -0.2) is 4.79 Å². The van der Waals surface area contributed by atoms with Gasteiger partial charge in [0.25, 0.3) is 0 Å². The van der Waals surface area contributed by atoms with Gasteiger partial charge in [0.05, 0.1) is 23.7 Å². The van der Waals surface area contributed by atoms with Crippen LogP contribution in [0, 0.1) is 10.1 Å². The number of ether oxygens (including phenoxy) is 3. The summed E-state index contributed by atoms with van der Waals surface area (Å²) in [4.78, 5) is 36.5. The van der Waals surface area contributed by atoms with Crippen molar-refractivity contribution in [1.82, 2.24) is 0 Å². The van der Waals surface area contributed by atoms with Crippen molar-refractivity contribution in [3.8, 4) is 17.2 Å². The molecule has 0 radical (unpaired) electrons. The Morgan fingerprint density at radius 1 is 0.738 bits per heavy atom. The number of nitro benzene ring substituents is 1. The van der Waals surface area contributed by atoms with Gasteiger partial charge in [0.2, 0.25) is 5.75 Å². The Morgan fingerprint density at radius 3 is 1.90 bits per heavy atom. The van der Waals surface area contributed by atoms with Crippen LogP contribution in [0.15, 0.2) is 72.8 Å². The molecule has 42 heavy (non-hydrogen) atoms. The fraction of sp³-hybridized carbons (Fsp3) is 0.353. The molecule has 3 rings (SSSR count). The normalized spacial score (nSPS) is 10.9. The Balaban J connectivity index is 1.58. The zero-order valence-corrected chi connectivity index (χ0v) is 24.4. The summed E-state index contributed by atoms with van der Waals surface area (Å²) in [5.41, 5.74) is 0.632. The second-order valence-corrected chi connectivity index (χ2v) is 9.94. The van der Waals surface area contributed by atoms with E-state index in [1.54, 1.807) is 30.3 Å². The van der Waals surface area contributed by atoms with Crippen molar-refractivity contribution in [2.75, 3.05) is 13.2 Å². The predicted molar refractivity (Wildman–Crippen MR) is 164 cm³/mol. The van der Waals surface area contributed by atoms with Gasteiger partial charge in [-0.15, -0.1) is 0 Å². The molecule has 3 aromatic rings. The minimum absolute atomic E-state index is 0.102. The summed E-state index contributed by atoms with van der Waals surface area (Å²) in [7, 11) is 0. The molecule has 0 unspecified atom stereocenters. The Kier molecular flexibility index (Phi) is 13.3. The minimum atomic E-state index is -0.749. The predicted octanol–water partition coefficient (Wildman–Crippen LogP) is 8.63. The highest BCUT2D eigenvalue weighted by Gasteiger charge is 2.21. The quantitative estimate of drug-likeness (QED) is 0.0285. The lowest BCUT2D eigenvalue weighted by Gasteiger charge is -2.08. The first-order valence-corrected chi connectivity index (χ1v) is 14.6. The SMILES string of the molecule is CCCCCCCOc1ccc(C(=O)Oc2ccc(C(=O)/C=C/c3ccc(OCCCCC)cc3)cc2[N+](=O)[O-])cc1. The van der Waals surface area contributed by atoms with Gasteiger partial charge in [0, 0.05) is 11.6 Å². The lowest BCUT2D eigenvalue weighted by Crippen LogP contribution is -2.10. The van der Waals surface area contributed by atoms with Crippen LogP contribution in [0.2, 0.25) is 0 Å². The Labute approximate surface area is 247 Å². The molecule has 8 heteroatoms. The second kappa shape index (κ2) is 17.4. The molecule has 0 saturated carbocycles. The highest BCUT2D eigenvalue weighted by Crippen LogP contribution is 2.29. The van der Waals surface area contributed by atoms with Crippen LogP contribution in [-0.2, 0) is 0 Å². The van der Waals surface area contributed by atoms with Crippen LogP contribution < -0.4 is 14.2 Å². The topological polar surface area (TPSA) is 105 Å². The van der Waals surface area contributed by atoms with Crippen LogP contribution >= 0.6 is 0 Å². The minimum Gasteiger partial charge on any atom is -0.494 e. The number of ketones is 1. The average Bonchev–Trinajstić information content (AvgIpc) is 3.00. The fourth-order valence-electron chi connectivity index (χ4n) is 4.13. The first kappa shape index (κ1) is 32.1. The average molecular weight is 574 g/mol. The summed E-state index contributed by atoms with van der Waals surface area (Å²) < 4.78 is 16.7. The molecule has 0 bridgehead atoms. The van der Waals surface area contributed by atoms with Crippen molar-refractivity contribution in [3.05, 3.63) is 99.6 Å². The first-order chi connectivity index (χ1) is 20.4. The van der Waals surface area contributed by atoms with E-state index in [-0.39, 0.29) is 16.9 Å². The number of hydrogen-bond acceptors (Lipinski definition) is 7. The van der Waals surface area contributed by atoms with E-state index in [4.69, 9.17) is 14.2 Å². The molecule has 0 atom stereocenters. The van der Waals surface area contributed by atoms with E-state index in [1.165, 1.54) is 37.5 Å². The molecule has 0 aliphatic heterocycles. The summed E-state index contributed by atoms with van der Waals surface area (Å²) in [5, 5.41) is 11.7. The van der Waals surface area contributed by atoms with Crippen LogP contribution in [-0.4, -0.2) is 29.9 Å². The largest absolute Gasteiger partial charge is 0.494 e. The molecule has 0 spiro atoms. The van der Waals surface area contributed by atoms with Gasteiger partial charge in [-0.1, -0.05) is 70.6 Å². The molecule has 0 fully saturated rings. The third kappa shape index (κ3) is 10.5. The van der Waals surface area contributed by atoms with Crippen LogP contribution in [0.3, 0.4) is 0 Å². The number of nitrogens with zero attached hydrogens (tertiary/aromatic N) is 1. The lowest BCUT2D eigenvalue weighted by atomic mass is 10.1. The van der Waals surface area contributed by atoms with Gasteiger partial charge in [0.1, 0.15) is 11.5 Å². The Bertz CT molecular complexity index is 1330. The highest BCUT2D eigenvalue weighted by atomic mass is 16.6. The van der Waals surface area contributed by atoms with Crippen molar-refractivity contribution in [2.24, 2.45) is 0 Å². The van der Waals surface area contributed by atoms with E-state index in [0.29, 0.717) is 19.0 Å². The lowest BCUT2D eigenvalue weighted by molar-refractivity contribution is -0.385. The third-order valence-electron chi connectivity index (χ3n) is 6.57. The number of rotatable bonds is 18. The van der Waals surface area contributed by atoms with E-state index >= 15 is 0 Å². The van der Waals surface area contributed by atoms with E-state index < -0.39 is 22.4 Å². The van der Waals surface area contributed by atoms with Gasteiger partial charge in [-0.05, 0) is 73.0 Å². The van der Waals surface area contributed by atoms with E-state index in [2.05, 4.69) is 13.8 Å². The molecule has 0 saturated heterocycles. The molecule has 0 aliphatic carbocycles. The molecule has 3 aromatic carbocycles. The zero-order chi connectivity index (χ0) is 30.2. The first-order valence-electron chi connectivity index (χ1n) is 14.6. The molecule has 0 aliphatic rings. The molecule has 0 heterocycles. The number of hydrogen-bond donors (Lipinski definition) is 0. The maximum atomic E-state index is 12.7. The summed E-state index contributed by atoms with van der Waals surface area (Å²) in [6, 6.07) is 17.5. The molecule has 0 N–H and O–H groups in total. The van der Waals surface area contributed by atoms with Gasteiger partial charge in [-0.2, -0.15) is 0 Å². The number of allylic oxidation sites excluding steroid dienone is 1. The van der Waals surface area contributed by atoms with E-state index in [0.717, 1.165) is 49.5 Å². The number of benzene rings is 3. The van der Waals surface area contributed by atoms with Crippen molar-refractivity contribution in [1.29, 1.82) is 0 Å². The maximum Gasteiger partial charge on any atom is 0.343 e. The second-order valence-electron chi connectivity index (χ2n) is 9.94.